The van der Waals surface area contributed by atoms with E-state index in [0.29, 0.717) is 0 Å². The van der Waals surface area contributed by atoms with E-state index < -0.39 is 11.4 Å². The highest BCUT2D eigenvalue weighted by atomic mass is 16.4. The van der Waals surface area contributed by atoms with E-state index in [0.717, 1.165) is 23.1 Å². The van der Waals surface area contributed by atoms with Crippen molar-refractivity contribution in [3.63, 3.8) is 0 Å². The van der Waals surface area contributed by atoms with Gasteiger partial charge in [-0.15, -0.1) is 0 Å². The molecule has 0 saturated heterocycles. The SMILES string of the molecule is CCc1cccc(C(C)(C)C(=O)O)c1CC#N. The molecule has 0 heterocycles. The molecule has 0 amide bonds. The van der Waals surface area contributed by atoms with E-state index in [1.165, 1.54) is 0 Å². The lowest BCUT2D eigenvalue weighted by molar-refractivity contribution is -0.142. The fourth-order valence-corrected chi connectivity index (χ4v) is 1.95. The minimum Gasteiger partial charge on any atom is -0.481 e. The molecule has 1 N–H and O–H groups in total. The average molecular weight is 231 g/mol. The number of carboxylic acids is 1. The second-order valence-corrected chi connectivity index (χ2v) is 4.56. The summed E-state index contributed by atoms with van der Waals surface area (Å²) in [6.45, 7) is 5.35. The molecule has 0 atom stereocenters. The normalized spacial score (nSPS) is 10.9. The molecule has 0 aliphatic heterocycles. The highest BCUT2D eigenvalue weighted by Gasteiger charge is 2.32. The smallest absolute Gasteiger partial charge is 0.313 e. The van der Waals surface area contributed by atoms with Crippen LogP contribution in [0.25, 0.3) is 0 Å². The first-order valence-electron chi connectivity index (χ1n) is 5.66. The van der Waals surface area contributed by atoms with Gasteiger partial charge >= 0.3 is 5.97 Å². The molecule has 0 saturated carbocycles. The maximum atomic E-state index is 11.3. The van der Waals surface area contributed by atoms with Gasteiger partial charge in [0.05, 0.1) is 17.9 Å². The number of aryl methyl sites for hydroxylation is 1. The minimum absolute atomic E-state index is 0.260. The Bertz CT molecular complexity index is 470. The summed E-state index contributed by atoms with van der Waals surface area (Å²) in [6.07, 6.45) is 1.07. The van der Waals surface area contributed by atoms with Crippen LogP contribution in [0, 0.1) is 11.3 Å². The fourth-order valence-electron chi connectivity index (χ4n) is 1.95. The van der Waals surface area contributed by atoms with E-state index in [-0.39, 0.29) is 6.42 Å². The number of rotatable bonds is 4. The van der Waals surface area contributed by atoms with Gasteiger partial charge in [-0.25, -0.2) is 0 Å². The molecule has 0 fully saturated rings. The molecule has 0 unspecified atom stereocenters. The van der Waals surface area contributed by atoms with E-state index in [4.69, 9.17) is 5.26 Å². The molecule has 17 heavy (non-hydrogen) atoms. The number of benzene rings is 1. The first-order valence-corrected chi connectivity index (χ1v) is 5.66. The zero-order chi connectivity index (χ0) is 13.1. The van der Waals surface area contributed by atoms with E-state index in [2.05, 4.69) is 6.07 Å². The number of carbonyl (C=O) groups is 1. The van der Waals surface area contributed by atoms with Gasteiger partial charge in [-0.2, -0.15) is 5.26 Å². The van der Waals surface area contributed by atoms with Gasteiger partial charge in [-0.1, -0.05) is 25.1 Å². The van der Waals surface area contributed by atoms with Gasteiger partial charge in [0.2, 0.25) is 0 Å². The number of nitriles is 1. The zero-order valence-corrected chi connectivity index (χ0v) is 10.4. The number of aliphatic carboxylic acids is 1. The predicted octanol–water partition coefficient (Wildman–Crippen LogP) is 2.68. The summed E-state index contributed by atoms with van der Waals surface area (Å²) in [6, 6.07) is 7.74. The van der Waals surface area contributed by atoms with Crippen LogP contribution in [0.3, 0.4) is 0 Å². The topological polar surface area (TPSA) is 61.1 Å². The minimum atomic E-state index is -0.961. The van der Waals surface area contributed by atoms with E-state index in [1.807, 2.05) is 19.1 Å². The van der Waals surface area contributed by atoms with Crippen LogP contribution in [-0.4, -0.2) is 11.1 Å². The van der Waals surface area contributed by atoms with Gasteiger partial charge in [0, 0.05) is 0 Å². The standard InChI is InChI=1S/C14H17NO2/c1-4-10-6-5-7-12(11(10)8-9-15)14(2,3)13(16)17/h5-7H,4,8H2,1-3H3,(H,16,17). The van der Waals surface area contributed by atoms with Crippen molar-refractivity contribution in [2.75, 3.05) is 0 Å². The monoisotopic (exact) mass is 231 g/mol. The highest BCUT2D eigenvalue weighted by Crippen LogP contribution is 2.29. The maximum Gasteiger partial charge on any atom is 0.313 e. The van der Waals surface area contributed by atoms with Crippen molar-refractivity contribution in [2.24, 2.45) is 0 Å². The number of hydrogen-bond donors (Lipinski definition) is 1. The Morgan fingerprint density at radius 3 is 2.59 bits per heavy atom. The molecule has 1 rings (SSSR count). The summed E-state index contributed by atoms with van der Waals surface area (Å²) in [4.78, 5) is 11.3. The first-order chi connectivity index (χ1) is 7.95. The Balaban J connectivity index is 3.43. The zero-order valence-electron chi connectivity index (χ0n) is 10.4. The van der Waals surface area contributed by atoms with Crippen LogP contribution in [-0.2, 0) is 23.1 Å². The quantitative estimate of drug-likeness (QED) is 0.866. The molecule has 0 bridgehead atoms. The summed E-state index contributed by atoms with van der Waals surface area (Å²) >= 11 is 0. The first kappa shape index (κ1) is 13.2. The van der Waals surface area contributed by atoms with Crippen molar-refractivity contribution in [1.29, 1.82) is 5.26 Å². The lowest BCUT2D eigenvalue weighted by atomic mass is 9.79. The van der Waals surface area contributed by atoms with Crippen molar-refractivity contribution in [3.8, 4) is 6.07 Å². The van der Waals surface area contributed by atoms with Gasteiger partial charge in [0.1, 0.15) is 0 Å². The molecule has 0 spiro atoms. The maximum absolute atomic E-state index is 11.3. The summed E-state index contributed by atoms with van der Waals surface area (Å²) in [5.41, 5.74) is 1.70. The summed E-state index contributed by atoms with van der Waals surface area (Å²) in [5, 5.41) is 18.1. The van der Waals surface area contributed by atoms with Crippen LogP contribution in [0.4, 0.5) is 0 Å². The van der Waals surface area contributed by atoms with Gasteiger partial charge in [-0.3, -0.25) is 4.79 Å². The molecule has 0 radical (unpaired) electrons. The summed E-state index contributed by atoms with van der Waals surface area (Å²) in [7, 11) is 0. The van der Waals surface area contributed by atoms with E-state index >= 15 is 0 Å². The van der Waals surface area contributed by atoms with Crippen molar-refractivity contribution in [3.05, 3.63) is 34.9 Å². The number of nitrogens with zero attached hydrogens (tertiary/aromatic N) is 1. The molecule has 0 aliphatic rings. The number of carboxylic acid groups (broad SMARTS) is 1. The van der Waals surface area contributed by atoms with Crippen molar-refractivity contribution >= 4 is 5.97 Å². The van der Waals surface area contributed by atoms with Crippen molar-refractivity contribution in [2.45, 2.75) is 39.0 Å². The Kier molecular flexibility index (Phi) is 3.90. The summed E-state index contributed by atoms with van der Waals surface area (Å²) in [5.74, 6) is -0.870. The lowest BCUT2D eigenvalue weighted by Gasteiger charge is -2.24. The molecular weight excluding hydrogens is 214 g/mol. The van der Waals surface area contributed by atoms with E-state index in [1.54, 1.807) is 19.9 Å². The second kappa shape index (κ2) is 5.01. The Labute approximate surface area is 102 Å². The lowest BCUT2D eigenvalue weighted by Crippen LogP contribution is -2.30. The van der Waals surface area contributed by atoms with Crippen LogP contribution < -0.4 is 0 Å². The van der Waals surface area contributed by atoms with Crippen LogP contribution >= 0.6 is 0 Å². The largest absolute Gasteiger partial charge is 0.481 e. The van der Waals surface area contributed by atoms with Gasteiger partial charge in [0.15, 0.2) is 0 Å². The fraction of sp³-hybridized carbons (Fsp3) is 0.429. The third-order valence-electron chi connectivity index (χ3n) is 3.12. The van der Waals surface area contributed by atoms with Gasteiger partial charge in [-0.05, 0) is 37.0 Å². The van der Waals surface area contributed by atoms with Crippen LogP contribution in [0.2, 0.25) is 0 Å². The second-order valence-electron chi connectivity index (χ2n) is 4.56. The molecular formula is C14H17NO2. The third kappa shape index (κ3) is 2.47. The van der Waals surface area contributed by atoms with E-state index in [9.17, 15) is 9.90 Å². The number of hydrogen-bond acceptors (Lipinski definition) is 2. The molecule has 0 aromatic heterocycles. The van der Waals surface area contributed by atoms with Gasteiger partial charge in [0.25, 0.3) is 0 Å². The molecule has 90 valence electrons. The summed E-state index contributed by atoms with van der Waals surface area (Å²) < 4.78 is 0. The van der Waals surface area contributed by atoms with Crippen molar-refractivity contribution in [1.82, 2.24) is 0 Å². The predicted molar refractivity (Wildman–Crippen MR) is 65.8 cm³/mol. The van der Waals surface area contributed by atoms with Crippen molar-refractivity contribution < 1.29 is 9.90 Å². The average Bonchev–Trinajstić information content (AvgIpc) is 2.29. The third-order valence-corrected chi connectivity index (χ3v) is 3.12. The molecule has 1 aromatic rings. The van der Waals surface area contributed by atoms with Crippen LogP contribution in [0.1, 0.15) is 37.5 Å². The van der Waals surface area contributed by atoms with Crippen LogP contribution in [0.15, 0.2) is 18.2 Å². The Hall–Kier alpha value is -1.82. The van der Waals surface area contributed by atoms with Gasteiger partial charge < -0.3 is 5.11 Å². The highest BCUT2D eigenvalue weighted by molar-refractivity contribution is 5.81. The Morgan fingerprint density at radius 2 is 2.12 bits per heavy atom. The Morgan fingerprint density at radius 1 is 1.47 bits per heavy atom. The molecule has 1 aromatic carbocycles. The molecule has 3 nitrogen and oxygen atoms in total. The molecule has 0 aliphatic carbocycles. The molecule has 3 heteroatoms. The van der Waals surface area contributed by atoms with Crippen LogP contribution in [0.5, 0.6) is 0 Å².